The molecule has 29 heavy (non-hydrogen) atoms. The van der Waals surface area contributed by atoms with Crippen LogP contribution in [0.15, 0.2) is 30.5 Å². The van der Waals surface area contributed by atoms with E-state index in [1.54, 1.807) is 10.8 Å². The average molecular weight is 397 g/mol. The van der Waals surface area contributed by atoms with Gasteiger partial charge in [-0.2, -0.15) is 0 Å². The van der Waals surface area contributed by atoms with Crippen LogP contribution in [0.25, 0.3) is 10.9 Å². The van der Waals surface area contributed by atoms with Gasteiger partial charge in [0.1, 0.15) is 6.54 Å². The van der Waals surface area contributed by atoms with Gasteiger partial charge in [-0.05, 0) is 18.9 Å². The molecule has 154 valence electrons. The normalized spacial score (nSPS) is 18.0. The van der Waals surface area contributed by atoms with Gasteiger partial charge in [0.15, 0.2) is 0 Å². The number of amides is 2. The number of nitrogens with zero attached hydrogens (tertiary/aromatic N) is 2. The Morgan fingerprint density at radius 1 is 1.03 bits per heavy atom. The molecule has 2 fully saturated rings. The fraction of sp³-hybridized carbons (Fsp3) is 0.500. The van der Waals surface area contributed by atoms with E-state index in [-0.39, 0.29) is 18.5 Å². The van der Waals surface area contributed by atoms with E-state index in [4.69, 9.17) is 4.74 Å². The van der Waals surface area contributed by atoms with E-state index in [1.165, 1.54) is 11.3 Å². The lowest BCUT2D eigenvalue weighted by Crippen LogP contribution is -2.44. The number of rotatable bonds is 5. The zero-order chi connectivity index (χ0) is 20.2. The van der Waals surface area contributed by atoms with Crippen LogP contribution >= 0.6 is 0 Å². The van der Waals surface area contributed by atoms with E-state index >= 15 is 0 Å². The second-order valence-corrected chi connectivity index (χ2v) is 7.82. The molecule has 1 aromatic heterocycles. The number of morpholine rings is 1. The molecule has 2 aliphatic rings. The van der Waals surface area contributed by atoms with Gasteiger partial charge in [-0.15, -0.1) is 0 Å². The lowest BCUT2D eigenvalue weighted by atomic mass is 9.95. The molecule has 0 bridgehead atoms. The molecule has 2 aromatic rings. The van der Waals surface area contributed by atoms with Gasteiger partial charge >= 0.3 is 0 Å². The second-order valence-electron chi connectivity index (χ2n) is 7.82. The number of benzene rings is 1. The molecule has 1 saturated carbocycles. The van der Waals surface area contributed by atoms with Gasteiger partial charge in [-0.25, -0.2) is 0 Å². The summed E-state index contributed by atoms with van der Waals surface area (Å²) in [6, 6.07) is 7.65. The molecule has 1 aliphatic heterocycles. The van der Waals surface area contributed by atoms with E-state index in [9.17, 15) is 14.4 Å². The number of carbonyl (C=O) groups excluding carboxylic acids is 3. The van der Waals surface area contributed by atoms with Crippen LogP contribution in [-0.4, -0.2) is 59.4 Å². The summed E-state index contributed by atoms with van der Waals surface area (Å²) < 4.78 is 7.03. The Bertz CT molecular complexity index is 908. The summed E-state index contributed by atoms with van der Waals surface area (Å²) in [5.41, 5.74) is 1.13. The molecule has 1 N–H and O–H groups in total. The van der Waals surface area contributed by atoms with Gasteiger partial charge in [0, 0.05) is 36.2 Å². The van der Waals surface area contributed by atoms with Crippen LogP contribution < -0.4 is 5.32 Å². The van der Waals surface area contributed by atoms with E-state index in [1.807, 2.05) is 24.3 Å². The number of Topliss-reactive ketones (excluding diaryl/α,β-unsaturated/α-hetero) is 1. The van der Waals surface area contributed by atoms with E-state index in [0.717, 1.165) is 31.2 Å². The Hall–Kier alpha value is -2.67. The minimum absolute atomic E-state index is 0.0591. The standard InChI is InChI=1S/C22H27N3O4/c26-20(23-16-6-2-1-3-7-16)15-25-14-18(17-8-4-5-9-19(17)25)21(27)22(28)24-10-12-29-13-11-24/h4-5,8-9,14,16H,1-3,6-7,10-13,15H2,(H,23,26). The van der Waals surface area contributed by atoms with Gasteiger partial charge in [0.25, 0.3) is 11.7 Å². The third-order valence-corrected chi connectivity index (χ3v) is 5.81. The highest BCUT2D eigenvalue weighted by atomic mass is 16.5. The summed E-state index contributed by atoms with van der Waals surface area (Å²) in [6.07, 6.45) is 7.23. The Morgan fingerprint density at radius 3 is 2.52 bits per heavy atom. The maximum absolute atomic E-state index is 12.9. The average Bonchev–Trinajstić information content (AvgIpc) is 3.12. The molecular formula is C22H27N3O4. The number of para-hydroxylation sites is 1. The molecule has 2 heterocycles. The first kappa shape index (κ1) is 19.6. The molecule has 0 spiro atoms. The molecule has 1 saturated heterocycles. The summed E-state index contributed by atoms with van der Waals surface area (Å²) in [5, 5.41) is 3.81. The van der Waals surface area contributed by atoms with Crippen molar-refractivity contribution >= 4 is 28.5 Å². The smallest absolute Gasteiger partial charge is 0.295 e. The summed E-state index contributed by atoms with van der Waals surface area (Å²) in [7, 11) is 0. The van der Waals surface area contributed by atoms with E-state index < -0.39 is 11.7 Å². The zero-order valence-corrected chi connectivity index (χ0v) is 16.6. The second kappa shape index (κ2) is 8.78. The van der Waals surface area contributed by atoms with Gasteiger partial charge < -0.3 is 19.5 Å². The molecule has 0 radical (unpaired) electrons. The lowest BCUT2D eigenvalue weighted by molar-refractivity contribution is -0.130. The zero-order valence-electron chi connectivity index (χ0n) is 16.6. The fourth-order valence-corrected chi connectivity index (χ4v) is 4.26. The molecule has 0 atom stereocenters. The summed E-state index contributed by atoms with van der Waals surface area (Å²) in [4.78, 5) is 39.7. The van der Waals surface area contributed by atoms with Crippen LogP contribution in [0.5, 0.6) is 0 Å². The van der Waals surface area contributed by atoms with Crippen molar-refractivity contribution in [1.82, 2.24) is 14.8 Å². The molecular weight excluding hydrogens is 370 g/mol. The fourth-order valence-electron chi connectivity index (χ4n) is 4.26. The van der Waals surface area contributed by atoms with Crippen LogP contribution in [0, 0.1) is 0 Å². The number of aromatic nitrogens is 1. The Morgan fingerprint density at radius 2 is 1.76 bits per heavy atom. The molecule has 7 heteroatoms. The number of hydrogen-bond donors (Lipinski definition) is 1. The molecule has 1 aromatic carbocycles. The SMILES string of the molecule is O=C(Cn1cc(C(=O)C(=O)N2CCOCC2)c2ccccc21)NC1CCCCC1. The number of fused-ring (bicyclic) bond motifs is 1. The van der Waals surface area contributed by atoms with Crippen molar-refractivity contribution in [2.45, 2.75) is 44.7 Å². The van der Waals surface area contributed by atoms with Crippen molar-refractivity contribution in [3.05, 3.63) is 36.0 Å². The number of ketones is 1. The minimum Gasteiger partial charge on any atom is -0.378 e. The van der Waals surface area contributed by atoms with Crippen molar-refractivity contribution in [3.63, 3.8) is 0 Å². The van der Waals surface area contributed by atoms with Crippen molar-refractivity contribution in [1.29, 1.82) is 0 Å². The van der Waals surface area contributed by atoms with Gasteiger partial charge in [-0.3, -0.25) is 14.4 Å². The van der Waals surface area contributed by atoms with Crippen molar-refractivity contribution in [2.75, 3.05) is 26.3 Å². The van der Waals surface area contributed by atoms with Gasteiger partial charge in [-0.1, -0.05) is 37.5 Å². The first-order chi connectivity index (χ1) is 14.1. The quantitative estimate of drug-likeness (QED) is 0.619. The predicted molar refractivity (Wildman–Crippen MR) is 109 cm³/mol. The first-order valence-corrected chi connectivity index (χ1v) is 10.4. The lowest BCUT2D eigenvalue weighted by Gasteiger charge is -2.25. The Balaban J connectivity index is 1.53. The van der Waals surface area contributed by atoms with Crippen LogP contribution in [0.3, 0.4) is 0 Å². The third kappa shape index (κ3) is 4.34. The number of nitrogens with one attached hydrogen (secondary N) is 1. The van der Waals surface area contributed by atoms with Crippen LogP contribution in [0.2, 0.25) is 0 Å². The maximum atomic E-state index is 12.9. The van der Waals surface area contributed by atoms with Crippen LogP contribution in [0.4, 0.5) is 0 Å². The van der Waals surface area contributed by atoms with Crippen molar-refractivity contribution in [3.8, 4) is 0 Å². The molecule has 2 amide bonds. The monoisotopic (exact) mass is 397 g/mol. The number of hydrogen-bond acceptors (Lipinski definition) is 4. The van der Waals surface area contributed by atoms with Crippen molar-refractivity contribution in [2.24, 2.45) is 0 Å². The molecule has 7 nitrogen and oxygen atoms in total. The van der Waals surface area contributed by atoms with Gasteiger partial charge in [0.05, 0.1) is 18.8 Å². The number of ether oxygens (including phenoxy) is 1. The van der Waals surface area contributed by atoms with E-state index in [0.29, 0.717) is 37.3 Å². The number of carbonyl (C=O) groups is 3. The summed E-state index contributed by atoms with van der Waals surface area (Å²) >= 11 is 0. The topological polar surface area (TPSA) is 80.6 Å². The van der Waals surface area contributed by atoms with Crippen LogP contribution in [-0.2, 0) is 20.9 Å². The molecule has 4 rings (SSSR count). The van der Waals surface area contributed by atoms with E-state index in [2.05, 4.69) is 5.32 Å². The van der Waals surface area contributed by atoms with Crippen LogP contribution in [0.1, 0.15) is 42.5 Å². The Labute approximate surface area is 170 Å². The summed E-state index contributed by atoms with van der Waals surface area (Å²) in [5.74, 6) is -1.10. The van der Waals surface area contributed by atoms with Gasteiger partial charge in [0.2, 0.25) is 5.91 Å². The highest BCUT2D eigenvalue weighted by molar-refractivity contribution is 6.44. The highest BCUT2D eigenvalue weighted by Crippen LogP contribution is 2.23. The van der Waals surface area contributed by atoms with Crippen molar-refractivity contribution < 1.29 is 19.1 Å². The third-order valence-electron chi connectivity index (χ3n) is 5.81. The predicted octanol–water partition coefficient (Wildman–Crippen LogP) is 2.13. The summed E-state index contributed by atoms with van der Waals surface area (Å²) in [6.45, 7) is 1.88. The first-order valence-electron chi connectivity index (χ1n) is 10.4. The molecule has 0 unspecified atom stereocenters. The minimum atomic E-state index is -0.533. The molecule has 1 aliphatic carbocycles. The largest absolute Gasteiger partial charge is 0.378 e. The Kier molecular flexibility index (Phi) is 5.94. The maximum Gasteiger partial charge on any atom is 0.295 e. The highest BCUT2D eigenvalue weighted by Gasteiger charge is 2.28.